The average Bonchev–Trinajstić information content (AvgIpc) is 1.69. The molecule has 11 heavy (non-hydrogen) atoms. The minimum absolute atomic E-state index is 0. The van der Waals surface area contributed by atoms with Gasteiger partial charge in [0.25, 0.3) is 0 Å². The summed E-state index contributed by atoms with van der Waals surface area (Å²) < 4.78 is 0. The molecule has 0 aliphatic carbocycles. The SMILES string of the molecule is C.C.C.C.CNCSSCN. The zero-order valence-electron chi connectivity index (χ0n) is 4.31. The first-order chi connectivity index (χ1) is 3.41. The van der Waals surface area contributed by atoms with Gasteiger partial charge in [-0.05, 0) is 7.05 Å². The van der Waals surface area contributed by atoms with Gasteiger partial charge in [-0.1, -0.05) is 51.3 Å². The molecular weight excluding hydrogens is 176 g/mol. The minimum Gasteiger partial charge on any atom is -0.321 e. The van der Waals surface area contributed by atoms with Crippen molar-refractivity contribution in [2.24, 2.45) is 5.73 Å². The van der Waals surface area contributed by atoms with Gasteiger partial charge >= 0.3 is 0 Å². The minimum atomic E-state index is 0. The van der Waals surface area contributed by atoms with E-state index in [9.17, 15) is 0 Å². The highest BCUT2D eigenvalue weighted by Crippen LogP contribution is 2.15. The largest absolute Gasteiger partial charge is 0.321 e. The van der Waals surface area contributed by atoms with Crippen molar-refractivity contribution in [3.63, 3.8) is 0 Å². The fourth-order valence-corrected chi connectivity index (χ4v) is 1.34. The van der Waals surface area contributed by atoms with Crippen LogP contribution < -0.4 is 11.1 Å². The van der Waals surface area contributed by atoms with Crippen molar-refractivity contribution in [2.45, 2.75) is 29.7 Å². The summed E-state index contributed by atoms with van der Waals surface area (Å²) in [6.07, 6.45) is 0. The average molecular weight is 202 g/mol. The molecule has 0 heterocycles. The standard InChI is InChI=1S/C3H10N2S2.4CH4/c1-5-3-7-6-2-4;;;;/h5H,2-4H2,1H3;4*1H4. The molecule has 0 radical (unpaired) electrons. The molecule has 0 rings (SSSR count). The number of nitrogens with one attached hydrogen (secondary N) is 1. The van der Waals surface area contributed by atoms with Crippen LogP contribution in [0, 0.1) is 0 Å². The molecule has 0 bridgehead atoms. The molecular formula is C7H26N2S2. The third-order valence-corrected chi connectivity index (χ3v) is 2.33. The molecule has 0 spiro atoms. The van der Waals surface area contributed by atoms with Gasteiger partial charge in [0.15, 0.2) is 0 Å². The lowest BCUT2D eigenvalue weighted by Crippen LogP contribution is -2.02. The summed E-state index contributed by atoms with van der Waals surface area (Å²) in [6.45, 7) is 0. The summed E-state index contributed by atoms with van der Waals surface area (Å²) >= 11 is 0. The molecule has 0 fully saturated rings. The van der Waals surface area contributed by atoms with E-state index in [1.807, 2.05) is 7.05 Å². The summed E-state index contributed by atoms with van der Waals surface area (Å²) in [7, 11) is 5.32. The maximum absolute atomic E-state index is 5.18. The lowest BCUT2D eigenvalue weighted by molar-refractivity contribution is 0.987. The predicted octanol–water partition coefficient (Wildman–Crippen LogP) is 3.01. The molecule has 0 aromatic carbocycles. The van der Waals surface area contributed by atoms with Crippen LogP contribution in [0.15, 0.2) is 0 Å². The second-order valence-electron chi connectivity index (χ2n) is 0.900. The van der Waals surface area contributed by atoms with Crippen LogP contribution in [0.2, 0.25) is 0 Å². The third kappa shape index (κ3) is 37.0. The first-order valence-electron chi connectivity index (χ1n) is 2.01. The number of rotatable bonds is 4. The molecule has 0 aromatic heterocycles. The molecule has 0 aliphatic rings. The molecule has 2 nitrogen and oxygen atoms in total. The van der Waals surface area contributed by atoms with E-state index in [0.717, 1.165) is 5.88 Å². The van der Waals surface area contributed by atoms with E-state index >= 15 is 0 Å². The van der Waals surface area contributed by atoms with Crippen molar-refractivity contribution in [1.82, 2.24) is 5.32 Å². The van der Waals surface area contributed by atoms with Crippen LogP contribution in [0.25, 0.3) is 0 Å². The van der Waals surface area contributed by atoms with Crippen LogP contribution in [0.4, 0.5) is 0 Å². The van der Waals surface area contributed by atoms with Gasteiger partial charge in [0.2, 0.25) is 0 Å². The summed E-state index contributed by atoms with van der Waals surface area (Å²) in [6, 6.07) is 0. The lowest BCUT2D eigenvalue weighted by atomic mass is 11.3. The predicted molar refractivity (Wildman–Crippen MR) is 65.1 cm³/mol. The van der Waals surface area contributed by atoms with Gasteiger partial charge < -0.3 is 11.1 Å². The van der Waals surface area contributed by atoms with E-state index in [-0.39, 0.29) is 29.7 Å². The highest BCUT2D eigenvalue weighted by molar-refractivity contribution is 8.76. The quantitative estimate of drug-likeness (QED) is 0.417. The van der Waals surface area contributed by atoms with Gasteiger partial charge in [0.05, 0.1) is 5.88 Å². The fraction of sp³-hybridized carbons (Fsp3) is 1.00. The molecule has 0 aromatic rings. The van der Waals surface area contributed by atoms with Crippen LogP contribution in [0.3, 0.4) is 0 Å². The smallest absolute Gasteiger partial charge is 0.0521 e. The van der Waals surface area contributed by atoms with Crippen LogP contribution in [0.5, 0.6) is 0 Å². The van der Waals surface area contributed by atoms with Crippen molar-refractivity contribution in [3.8, 4) is 0 Å². The first kappa shape index (κ1) is 29.9. The molecule has 0 atom stereocenters. The zero-order chi connectivity index (χ0) is 5.54. The van der Waals surface area contributed by atoms with Gasteiger partial charge in [-0.25, -0.2) is 0 Å². The Kier molecular flexibility index (Phi) is 84.6. The summed E-state index contributed by atoms with van der Waals surface area (Å²) in [5.74, 6) is 1.67. The Morgan fingerprint density at radius 1 is 1.09 bits per heavy atom. The molecule has 0 amide bonds. The topological polar surface area (TPSA) is 38.0 Å². The highest BCUT2D eigenvalue weighted by atomic mass is 33.1. The second-order valence-corrected chi connectivity index (χ2v) is 3.41. The Morgan fingerprint density at radius 2 is 1.55 bits per heavy atom. The molecule has 76 valence electrons. The van der Waals surface area contributed by atoms with E-state index in [1.54, 1.807) is 21.6 Å². The van der Waals surface area contributed by atoms with E-state index < -0.39 is 0 Å². The molecule has 0 unspecified atom stereocenters. The number of hydrogen-bond donors (Lipinski definition) is 2. The molecule has 3 N–H and O–H groups in total. The molecule has 4 heteroatoms. The maximum atomic E-state index is 5.18. The number of nitrogens with two attached hydrogens (primary N) is 1. The second kappa shape index (κ2) is 31.1. The summed E-state index contributed by atoms with van der Waals surface area (Å²) in [5, 5.41) is 2.99. The Bertz CT molecular complexity index is 33.6. The fourth-order valence-electron chi connectivity index (χ4n) is 0.149. The monoisotopic (exact) mass is 202 g/mol. The first-order valence-corrected chi connectivity index (χ1v) is 4.49. The van der Waals surface area contributed by atoms with Crippen molar-refractivity contribution in [1.29, 1.82) is 0 Å². The van der Waals surface area contributed by atoms with Gasteiger partial charge in [-0.2, -0.15) is 0 Å². The Labute approximate surface area is 81.5 Å². The van der Waals surface area contributed by atoms with Crippen LogP contribution >= 0.6 is 21.6 Å². The van der Waals surface area contributed by atoms with E-state index in [4.69, 9.17) is 5.73 Å². The van der Waals surface area contributed by atoms with E-state index in [0.29, 0.717) is 5.88 Å². The van der Waals surface area contributed by atoms with Crippen LogP contribution in [-0.4, -0.2) is 18.8 Å². The van der Waals surface area contributed by atoms with Crippen molar-refractivity contribution >= 4 is 21.6 Å². The maximum Gasteiger partial charge on any atom is 0.0521 e. The van der Waals surface area contributed by atoms with Gasteiger partial charge in [0.1, 0.15) is 0 Å². The number of hydrogen-bond acceptors (Lipinski definition) is 4. The van der Waals surface area contributed by atoms with E-state index in [2.05, 4.69) is 5.32 Å². The van der Waals surface area contributed by atoms with Gasteiger partial charge in [0, 0.05) is 5.88 Å². The zero-order valence-corrected chi connectivity index (χ0v) is 5.94. The summed E-state index contributed by atoms with van der Waals surface area (Å²) in [5.41, 5.74) is 5.18. The van der Waals surface area contributed by atoms with Crippen molar-refractivity contribution in [2.75, 3.05) is 18.8 Å². The van der Waals surface area contributed by atoms with Crippen molar-refractivity contribution in [3.05, 3.63) is 0 Å². The Morgan fingerprint density at radius 3 is 1.82 bits per heavy atom. The van der Waals surface area contributed by atoms with Gasteiger partial charge in [-0.3, -0.25) is 0 Å². The van der Waals surface area contributed by atoms with E-state index in [1.165, 1.54) is 0 Å². The van der Waals surface area contributed by atoms with Crippen LogP contribution in [0.1, 0.15) is 29.7 Å². The third-order valence-electron chi connectivity index (χ3n) is 0.355. The normalized spacial score (nSPS) is 6.00. The molecule has 0 saturated carbocycles. The van der Waals surface area contributed by atoms with Gasteiger partial charge in [-0.15, -0.1) is 0 Å². The Balaban J connectivity index is -0.0000000300. The Hall–Kier alpha value is 0.620. The summed E-state index contributed by atoms with van der Waals surface area (Å²) in [4.78, 5) is 0. The lowest BCUT2D eigenvalue weighted by Gasteiger charge is -1.92. The molecule has 0 aliphatic heterocycles. The van der Waals surface area contributed by atoms with Crippen molar-refractivity contribution < 1.29 is 0 Å². The van der Waals surface area contributed by atoms with Crippen LogP contribution in [-0.2, 0) is 0 Å². The molecule has 0 saturated heterocycles. The highest BCUT2D eigenvalue weighted by Gasteiger charge is 1.79.